The summed E-state index contributed by atoms with van der Waals surface area (Å²) in [5.74, 6) is 0.105. The molecule has 0 saturated heterocycles. The molecule has 0 aliphatic heterocycles. The third kappa shape index (κ3) is 3.63. The van der Waals surface area contributed by atoms with Crippen molar-refractivity contribution in [1.29, 1.82) is 0 Å². The van der Waals surface area contributed by atoms with Crippen molar-refractivity contribution in [3.05, 3.63) is 41.2 Å². The van der Waals surface area contributed by atoms with Crippen LogP contribution in [-0.4, -0.2) is 30.1 Å². The third-order valence-corrected chi connectivity index (χ3v) is 4.39. The first-order chi connectivity index (χ1) is 9.94. The highest BCUT2D eigenvalue weighted by atomic mass is 32.2. The van der Waals surface area contributed by atoms with Crippen LogP contribution in [0.3, 0.4) is 0 Å². The number of nitrogens with zero attached hydrogens (tertiary/aromatic N) is 2. The molecule has 0 radical (unpaired) electrons. The predicted molar refractivity (Wildman–Crippen MR) is 74.3 cm³/mol. The van der Waals surface area contributed by atoms with E-state index in [1.54, 1.807) is 0 Å². The lowest BCUT2D eigenvalue weighted by atomic mass is 10.1. The number of nitrogens with one attached hydrogen (secondary N) is 2. The van der Waals surface area contributed by atoms with Crippen molar-refractivity contribution < 1.29 is 12.8 Å². The summed E-state index contributed by atoms with van der Waals surface area (Å²) in [6.45, 7) is 1.60. The van der Waals surface area contributed by atoms with E-state index in [-0.39, 0.29) is 29.1 Å². The minimum absolute atomic E-state index is 0.000537. The van der Waals surface area contributed by atoms with Crippen LogP contribution < -0.4 is 10.5 Å². The number of aromatic nitrogens is 3. The maximum absolute atomic E-state index is 13.7. The molecule has 0 spiro atoms. The lowest BCUT2D eigenvalue weighted by Gasteiger charge is -2.10. The summed E-state index contributed by atoms with van der Waals surface area (Å²) in [7, 11) is -3.72. The Balaban J connectivity index is 2.13. The number of hydrogen-bond donors (Lipinski definition) is 3. The van der Waals surface area contributed by atoms with Crippen molar-refractivity contribution in [3.63, 3.8) is 0 Å². The summed E-state index contributed by atoms with van der Waals surface area (Å²) in [5.41, 5.74) is 5.84. The Morgan fingerprint density at radius 2 is 2.19 bits per heavy atom. The SMILES string of the molecule is Cc1cc(S(=O)(=O)NCCc2ncn[nH]2)cc(CN)c1F. The lowest BCUT2D eigenvalue weighted by molar-refractivity contribution is 0.577. The van der Waals surface area contributed by atoms with Gasteiger partial charge in [-0.3, -0.25) is 5.10 Å². The number of rotatable bonds is 6. The number of H-pyrrole nitrogens is 1. The molecule has 0 unspecified atom stereocenters. The van der Waals surface area contributed by atoms with Gasteiger partial charge in [0.15, 0.2) is 0 Å². The van der Waals surface area contributed by atoms with E-state index in [1.807, 2.05) is 0 Å². The van der Waals surface area contributed by atoms with E-state index in [1.165, 1.54) is 25.4 Å². The van der Waals surface area contributed by atoms with Gasteiger partial charge >= 0.3 is 0 Å². The smallest absolute Gasteiger partial charge is 0.240 e. The summed E-state index contributed by atoms with van der Waals surface area (Å²) in [6.07, 6.45) is 1.73. The largest absolute Gasteiger partial charge is 0.326 e. The van der Waals surface area contributed by atoms with Crippen LogP contribution in [0.15, 0.2) is 23.4 Å². The molecule has 2 aromatic rings. The Labute approximate surface area is 121 Å². The number of sulfonamides is 1. The predicted octanol–water partition coefficient (Wildman–Crippen LogP) is 0.232. The van der Waals surface area contributed by atoms with Crippen molar-refractivity contribution in [1.82, 2.24) is 19.9 Å². The van der Waals surface area contributed by atoms with E-state index in [9.17, 15) is 12.8 Å². The lowest BCUT2D eigenvalue weighted by Crippen LogP contribution is -2.26. The highest BCUT2D eigenvalue weighted by Crippen LogP contribution is 2.18. The second-order valence-electron chi connectivity index (χ2n) is 4.50. The molecule has 4 N–H and O–H groups in total. The van der Waals surface area contributed by atoms with E-state index in [0.717, 1.165) is 0 Å². The van der Waals surface area contributed by atoms with Gasteiger partial charge in [-0.2, -0.15) is 5.10 Å². The molecule has 114 valence electrons. The molecule has 0 amide bonds. The van der Waals surface area contributed by atoms with Crippen LogP contribution in [0.4, 0.5) is 4.39 Å². The summed E-state index contributed by atoms with van der Waals surface area (Å²) >= 11 is 0. The third-order valence-electron chi connectivity index (χ3n) is 2.95. The molecular weight excluding hydrogens is 297 g/mol. The van der Waals surface area contributed by atoms with Gasteiger partial charge in [0.2, 0.25) is 10.0 Å². The van der Waals surface area contributed by atoms with Gasteiger partial charge in [0.1, 0.15) is 18.0 Å². The quantitative estimate of drug-likeness (QED) is 0.706. The Bertz CT molecular complexity index is 715. The highest BCUT2D eigenvalue weighted by Gasteiger charge is 2.17. The number of aromatic amines is 1. The number of benzene rings is 1. The van der Waals surface area contributed by atoms with Crippen molar-refractivity contribution >= 4 is 10.0 Å². The van der Waals surface area contributed by atoms with Crippen LogP contribution in [0.25, 0.3) is 0 Å². The standard InChI is InChI=1S/C12H16FN5O2S/c1-8-4-10(5-9(6-14)12(8)13)21(19,20)17-3-2-11-15-7-16-18-11/h4-5,7,17H,2-3,6,14H2,1H3,(H,15,16,18). The first-order valence-corrected chi connectivity index (χ1v) is 7.75. The number of aryl methyl sites for hydroxylation is 1. The van der Waals surface area contributed by atoms with Crippen LogP contribution in [0.1, 0.15) is 17.0 Å². The van der Waals surface area contributed by atoms with Gasteiger partial charge in [-0.05, 0) is 24.6 Å². The monoisotopic (exact) mass is 313 g/mol. The molecule has 9 heteroatoms. The molecule has 0 aliphatic rings. The zero-order chi connectivity index (χ0) is 15.5. The van der Waals surface area contributed by atoms with Gasteiger partial charge in [-0.1, -0.05) is 0 Å². The summed E-state index contributed by atoms with van der Waals surface area (Å²) < 4.78 is 40.5. The summed E-state index contributed by atoms with van der Waals surface area (Å²) in [5, 5.41) is 6.31. The van der Waals surface area contributed by atoms with Crippen LogP contribution in [0.5, 0.6) is 0 Å². The van der Waals surface area contributed by atoms with E-state index in [0.29, 0.717) is 12.2 Å². The summed E-state index contributed by atoms with van der Waals surface area (Å²) in [6, 6.07) is 2.53. The Morgan fingerprint density at radius 3 is 2.81 bits per heavy atom. The molecule has 0 saturated carbocycles. The Kier molecular flexibility index (Phi) is 4.66. The molecule has 0 atom stereocenters. The zero-order valence-corrected chi connectivity index (χ0v) is 12.2. The fourth-order valence-electron chi connectivity index (χ4n) is 1.85. The first-order valence-electron chi connectivity index (χ1n) is 6.27. The van der Waals surface area contributed by atoms with E-state index in [4.69, 9.17) is 5.73 Å². The van der Waals surface area contributed by atoms with Crippen molar-refractivity contribution in [2.24, 2.45) is 5.73 Å². The minimum atomic E-state index is -3.72. The topological polar surface area (TPSA) is 114 Å². The van der Waals surface area contributed by atoms with Gasteiger partial charge < -0.3 is 5.73 Å². The molecule has 1 heterocycles. The molecule has 2 rings (SSSR count). The molecule has 1 aromatic heterocycles. The van der Waals surface area contributed by atoms with Crippen LogP contribution in [-0.2, 0) is 23.0 Å². The fraction of sp³-hybridized carbons (Fsp3) is 0.333. The van der Waals surface area contributed by atoms with Gasteiger partial charge in [0, 0.05) is 25.1 Å². The maximum Gasteiger partial charge on any atom is 0.240 e. The van der Waals surface area contributed by atoms with E-state index in [2.05, 4.69) is 19.9 Å². The molecular formula is C12H16FN5O2S. The van der Waals surface area contributed by atoms with Gasteiger partial charge in [0.25, 0.3) is 0 Å². The van der Waals surface area contributed by atoms with Crippen LogP contribution in [0, 0.1) is 12.7 Å². The molecule has 1 aromatic carbocycles. The molecule has 21 heavy (non-hydrogen) atoms. The molecule has 0 bridgehead atoms. The van der Waals surface area contributed by atoms with Gasteiger partial charge in [-0.25, -0.2) is 22.5 Å². The molecule has 0 fully saturated rings. The fourth-order valence-corrected chi connectivity index (χ4v) is 3.02. The second kappa shape index (κ2) is 6.29. The molecule has 7 nitrogen and oxygen atoms in total. The normalized spacial score (nSPS) is 11.8. The van der Waals surface area contributed by atoms with E-state index < -0.39 is 15.8 Å². The summed E-state index contributed by atoms with van der Waals surface area (Å²) in [4.78, 5) is 3.89. The van der Waals surface area contributed by atoms with Gasteiger partial charge in [0.05, 0.1) is 4.90 Å². The van der Waals surface area contributed by atoms with Crippen molar-refractivity contribution in [2.75, 3.05) is 6.54 Å². The van der Waals surface area contributed by atoms with Crippen LogP contribution in [0.2, 0.25) is 0 Å². The Morgan fingerprint density at radius 1 is 1.43 bits per heavy atom. The average Bonchev–Trinajstić information content (AvgIpc) is 2.94. The maximum atomic E-state index is 13.7. The van der Waals surface area contributed by atoms with Gasteiger partial charge in [-0.15, -0.1) is 0 Å². The number of hydrogen-bond acceptors (Lipinski definition) is 5. The van der Waals surface area contributed by atoms with Crippen molar-refractivity contribution in [2.45, 2.75) is 24.8 Å². The Hall–Kier alpha value is -1.84. The number of halogens is 1. The number of nitrogens with two attached hydrogens (primary N) is 1. The second-order valence-corrected chi connectivity index (χ2v) is 6.26. The molecule has 0 aliphatic carbocycles. The highest BCUT2D eigenvalue weighted by molar-refractivity contribution is 7.89. The zero-order valence-electron chi connectivity index (χ0n) is 11.4. The van der Waals surface area contributed by atoms with E-state index >= 15 is 0 Å². The van der Waals surface area contributed by atoms with Crippen molar-refractivity contribution in [3.8, 4) is 0 Å². The van der Waals surface area contributed by atoms with Crippen LogP contribution >= 0.6 is 0 Å². The first kappa shape index (κ1) is 15.5. The average molecular weight is 313 g/mol. The minimum Gasteiger partial charge on any atom is -0.326 e.